The number of hydrogen-bond acceptors (Lipinski definition) is 2. The number of nitrogens with zero attached hydrogens (tertiary/aromatic N) is 1. The number of carbonyl (C=O) groups is 1. The van der Waals surface area contributed by atoms with Gasteiger partial charge in [-0.15, -0.1) is 0 Å². The molecule has 1 aliphatic carbocycles. The van der Waals surface area contributed by atoms with Gasteiger partial charge in [-0.1, -0.05) is 12.2 Å². The Balaban J connectivity index is 2.05. The molecule has 1 aliphatic heterocycles. The van der Waals surface area contributed by atoms with Gasteiger partial charge in [-0.05, 0) is 19.3 Å². The third kappa shape index (κ3) is 1.69. The molecule has 2 rings (SSSR count). The van der Waals surface area contributed by atoms with Crippen LogP contribution in [0, 0.1) is 5.92 Å². The van der Waals surface area contributed by atoms with Gasteiger partial charge in [-0.25, -0.2) is 0 Å². The van der Waals surface area contributed by atoms with Crippen LogP contribution in [0.2, 0.25) is 0 Å². The van der Waals surface area contributed by atoms with E-state index in [4.69, 9.17) is 0 Å². The molecule has 0 bridgehead atoms. The van der Waals surface area contributed by atoms with E-state index in [1.807, 2.05) is 4.90 Å². The van der Waals surface area contributed by atoms with E-state index in [0.29, 0.717) is 6.42 Å². The second-order valence-electron chi connectivity index (χ2n) is 4.14. The van der Waals surface area contributed by atoms with Crippen LogP contribution in [0.15, 0.2) is 12.2 Å². The quantitative estimate of drug-likeness (QED) is 0.666. The fourth-order valence-electron chi connectivity index (χ4n) is 2.37. The van der Waals surface area contributed by atoms with Gasteiger partial charge in [0.05, 0.1) is 6.04 Å². The molecular weight excluding hydrogens is 178 g/mol. The number of hydrogen-bond donors (Lipinski definition) is 1. The average molecular weight is 195 g/mol. The first-order valence-corrected chi connectivity index (χ1v) is 5.40. The zero-order valence-electron chi connectivity index (χ0n) is 8.35. The fourth-order valence-corrected chi connectivity index (χ4v) is 2.37. The van der Waals surface area contributed by atoms with E-state index in [9.17, 15) is 9.90 Å². The maximum absolute atomic E-state index is 11.7. The summed E-state index contributed by atoms with van der Waals surface area (Å²) in [7, 11) is 0. The normalized spacial score (nSPS) is 32.6. The third-order valence-electron chi connectivity index (χ3n) is 3.21. The number of aliphatic hydroxyl groups is 1. The topological polar surface area (TPSA) is 40.5 Å². The summed E-state index contributed by atoms with van der Waals surface area (Å²) < 4.78 is 0. The number of amides is 1. The van der Waals surface area contributed by atoms with Crippen LogP contribution in [0.5, 0.6) is 0 Å². The summed E-state index contributed by atoms with van der Waals surface area (Å²) in [6.07, 6.45) is 7.87. The predicted molar refractivity (Wildman–Crippen MR) is 53.7 cm³/mol. The molecule has 0 saturated carbocycles. The minimum absolute atomic E-state index is 0.160. The molecule has 0 unspecified atom stereocenters. The molecule has 78 valence electrons. The largest absolute Gasteiger partial charge is 0.396 e. The van der Waals surface area contributed by atoms with Gasteiger partial charge in [-0.3, -0.25) is 4.79 Å². The molecule has 2 aliphatic rings. The first-order chi connectivity index (χ1) is 6.83. The summed E-state index contributed by atoms with van der Waals surface area (Å²) in [6, 6.07) is 0.160. The van der Waals surface area contributed by atoms with Crippen molar-refractivity contribution >= 4 is 5.91 Å². The molecule has 14 heavy (non-hydrogen) atoms. The standard InChI is InChI=1S/C11H17NO2/c13-8-9-4-3-5-10(9)12-7-2-1-6-11(12)14/h3,5,9-10,13H,1-2,4,6-8H2/t9-,10-/m1/s1. The molecule has 3 heteroatoms. The van der Waals surface area contributed by atoms with E-state index in [2.05, 4.69) is 12.2 Å². The molecule has 1 heterocycles. The SMILES string of the molecule is O=C1CCCCN1[C@@H]1C=CC[C@@H]1CO. The molecular formula is C11H17NO2. The van der Waals surface area contributed by atoms with Crippen molar-refractivity contribution in [3.05, 3.63) is 12.2 Å². The zero-order valence-corrected chi connectivity index (χ0v) is 8.35. The van der Waals surface area contributed by atoms with Gasteiger partial charge in [0.2, 0.25) is 5.91 Å². The van der Waals surface area contributed by atoms with Gasteiger partial charge in [0.25, 0.3) is 0 Å². The maximum Gasteiger partial charge on any atom is 0.223 e. The summed E-state index contributed by atoms with van der Waals surface area (Å²) in [4.78, 5) is 13.6. The smallest absolute Gasteiger partial charge is 0.223 e. The van der Waals surface area contributed by atoms with E-state index in [0.717, 1.165) is 25.8 Å². The van der Waals surface area contributed by atoms with Crippen LogP contribution in [0.3, 0.4) is 0 Å². The van der Waals surface area contributed by atoms with Crippen LogP contribution in [0.25, 0.3) is 0 Å². The Labute approximate surface area is 84.4 Å². The highest BCUT2D eigenvalue weighted by Crippen LogP contribution is 2.26. The van der Waals surface area contributed by atoms with Gasteiger partial charge >= 0.3 is 0 Å². The number of likely N-dealkylation sites (tertiary alicyclic amines) is 1. The Bertz CT molecular complexity index is 250. The first-order valence-electron chi connectivity index (χ1n) is 5.40. The van der Waals surface area contributed by atoms with Crippen molar-refractivity contribution in [2.24, 2.45) is 5.92 Å². The van der Waals surface area contributed by atoms with Crippen molar-refractivity contribution in [1.82, 2.24) is 4.90 Å². The van der Waals surface area contributed by atoms with Crippen LogP contribution in [-0.4, -0.2) is 35.1 Å². The summed E-state index contributed by atoms with van der Waals surface area (Å²) in [5, 5.41) is 9.18. The second-order valence-corrected chi connectivity index (χ2v) is 4.14. The molecule has 2 atom stereocenters. The second kappa shape index (κ2) is 4.13. The van der Waals surface area contributed by atoms with Crippen LogP contribution < -0.4 is 0 Å². The van der Waals surface area contributed by atoms with Crippen molar-refractivity contribution in [2.45, 2.75) is 31.7 Å². The summed E-state index contributed by atoms with van der Waals surface area (Å²) in [5.74, 6) is 0.489. The molecule has 3 nitrogen and oxygen atoms in total. The monoisotopic (exact) mass is 195 g/mol. The molecule has 1 fully saturated rings. The molecule has 0 spiro atoms. The highest BCUT2D eigenvalue weighted by atomic mass is 16.3. The molecule has 0 radical (unpaired) electrons. The van der Waals surface area contributed by atoms with Gasteiger partial charge in [-0.2, -0.15) is 0 Å². The Kier molecular flexibility index (Phi) is 2.87. The lowest BCUT2D eigenvalue weighted by molar-refractivity contribution is -0.135. The Morgan fingerprint density at radius 1 is 1.50 bits per heavy atom. The van der Waals surface area contributed by atoms with Crippen molar-refractivity contribution in [3.8, 4) is 0 Å². The van der Waals surface area contributed by atoms with Crippen LogP contribution in [-0.2, 0) is 4.79 Å². The minimum atomic E-state index is 0.160. The number of rotatable bonds is 2. The van der Waals surface area contributed by atoms with Gasteiger partial charge in [0, 0.05) is 25.5 Å². The summed E-state index contributed by atoms with van der Waals surface area (Å²) in [5.41, 5.74) is 0. The van der Waals surface area contributed by atoms with E-state index in [1.165, 1.54) is 0 Å². The number of aliphatic hydroxyl groups excluding tert-OH is 1. The number of piperidine rings is 1. The molecule has 1 N–H and O–H groups in total. The Morgan fingerprint density at radius 3 is 3.07 bits per heavy atom. The predicted octanol–water partition coefficient (Wildman–Crippen LogP) is 0.936. The van der Waals surface area contributed by atoms with E-state index < -0.39 is 0 Å². The van der Waals surface area contributed by atoms with Crippen LogP contribution >= 0.6 is 0 Å². The molecule has 0 aromatic heterocycles. The average Bonchev–Trinajstić information content (AvgIpc) is 2.66. The molecule has 0 aromatic carbocycles. The molecule has 1 amide bonds. The van der Waals surface area contributed by atoms with Crippen LogP contribution in [0.4, 0.5) is 0 Å². The highest BCUT2D eigenvalue weighted by Gasteiger charge is 2.31. The third-order valence-corrected chi connectivity index (χ3v) is 3.21. The number of carbonyl (C=O) groups excluding carboxylic acids is 1. The van der Waals surface area contributed by atoms with E-state index in [-0.39, 0.29) is 24.5 Å². The van der Waals surface area contributed by atoms with Crippen LogP contribution in [0.1, 0.15) is 25.7 Å². The van der Waals surface area contributed by atoms with Gasteiger partial charge in [0.1, 0.15) is 0 Å². The van der Waals surface area contributed by atoms with Crippen molar-refractivity contribution < 1.29 is 9.90 Å². The van der Waals surface area contributed by atoms with E-state index in [1.54, 1.807) is 0 Å². The molecule has 0 aromatic rings. The van der Waals surface area contributed by atoms with Gasteiger partial charge < -0.3 is 10.0 Å². The van der Waals surface area contributed by atoms with E-state index >= 15 is 0 Å². The fraction of sp³-hybridized carbons (Fsp3) is 0.727. The summed E-state index contributed by atoms with van der Waals surface area (Å²) >= 11 is 0. The summed E-state index contributed by atoms with van der Waals surface area (Å²) in [6.45, 7) is 1.05. The Morgan fingerprint density at radius 2 is 2.36 bits per heavy atom. The molecule has 1 saturated heterocycles. The first kappa shape index (κ1) is 9.71. The number of allylic oxidation sites excluding steroid dienone is 1. The van der Waals surface area contributed by atoms with Crippen molar-refractivity contribution in [1.29, 1.82) is 0 Å². The maximum atomic E-state index is 11.7. The lowest BCUT2D eigenvalue weighted by atomic mass is 9.99. The zero-order chi connectivity index (χ0) is 9.97. The lowest BCUT2D eigenvalue weighted by Crippen LogP contribution is -2.45. The van der Waals surface area contributed by atoms with Crippen molar-refractivity contribution in [2.75, 3.05) is 13.2 Å². The Hall–Kier alpha value is -0.830. The highest BCUT2D eigenvalue weighted by molar-refractivity contribution is 5.77. The van der Waals surface area contributed by atoms with Gasteiger partial charge in [0.15, 0.2) is 0 Å². The lowest BCUT2D eigenvalue weighted by Gasteiger charge is -2.34. The van der Waals surface area contributed by atoms with Crippen molar-refractivity contribution in [3.63, 3.8) is 0 Å². The minimum Gasteiger partial charge on any atom is -0.396 e.